The molecule has 0 aliphatic carbocycles. The number of hydrogen-bond acceptors (Lipinski definition) is 5. The summed E-state index contributed by atoms with van der Waals surface area (Å²) in [6.45, 7) is 6.30. The van der Waals surface area contributed by atoms with E-state index in [1.165, 1.54) is 25.9 Å². The van der Waals surface area contributed by atoms with Crippen molar-refractivity contribution in [1.29, 1.82) is 5.41 Å². The first-order valence-electron chi connectivity index (χ1n) is 7.32. The Balaban J connectivity index is 1.86. The van der Waals surface area contributed by atoms with Crippen LogP contribution < -0.4 is 10.6 Å². The number of nitrogens with zero attached hydrogens (tertiary/aromatic N) is 4. The number of aromatic nitrogens is 2. The first-order valence-corrected chi connectivity index (χ1v) is 7.32. The van der Waals surface area contributed by atoms with Gasteiger partial charge < -0.3 is 10.6 Å². The lowest BCUT2D eigenvalue weighted by molar-refractivity contribution is 0.273. The van der Waals surface area contributed by atoms with Gasteiger partial charge in [-0.1, -0.05) is 0 Å². The molecule has 1 unspecified atom stereocenters. The summed E-state index contributed by atoms with van der Waals surface area (Å²) in [5.74, 6) is 0.734. The zero-order valence-electron chi connectivity index (χ0n) is 12.0. The van der Waals surface area contributed by atoms with Crippen molar-refractivity contribution in [3.05, 3.63) is 17.5 Å². The molecule has 0 amide bonds. The summed E-state index contributed by atoms with van der Waals surface area (Å²) in [6, 6.07) is 2.40. The molecule has 0 aromatic carbocycles. The van der Waals surface area contributed by atoms with Crippen LogP contribution in [0, 0.1) is 12.3 Å². The van der Waals surface area contributed by atoms with E-state index < -0.39 is 0 Å². The standard InChI is InChI=1S/C14H22N6/c1-10-8-12(13(15)16)18-14(17-10)20-7-3-6-19-5-2-4-11(19)9-20/h8,11H,2-7,9H2,1H3,(H3,15,16). The van der Waals surface area contributed by atoms with Gasteiger partial charge in [0.2, 0.25) is 5.95 Å². The van der Waals surface area contributed by atoms with E-state index in [4.69, 9.17) is 11.1 Å². The zero-order valence-corrected chi connectivity index (χ0v) is 12.0. The number of nitrogens with two attached hydrogens (primary N) is 1. The summed E-state index contributed by atoms with van der Waals surface area (Å²) in [5.41, 5.74) is 6.96. The molecule has 0 radical (unpaired) electrons. The number of rotatable bonds is 2. The summed E-state index contributed by atoms with van der Waals surface area (Å²) in [4.78, 5) is 13.8. The van der Waals surface area contributed by atoms with Crippen molar-refractivity contribution in [2.24, 2.45) is 5.73 Å². The van der Waals surface area contributed by atoms with Gasteiger partial charge >= 0.3 is 0 Å². The maximum Gasteiger partial charge on any atom is 0.226 e. The molecule has 3 N–H and O–H groups in total. The van der Waals surface area contributed by atoms with Crippen LogP contribution in [0.4, 0.5) is 5.95 Å². The van der Waals surface area contributed by atoms with Gasteiger partial charge in [-0.3, -0.25) is 10.3 Å². The normalized spacial score (nSPS) is 23.4. The third kappa shape index (κ3) is 2.60. The molecule has 6 heteroatoms. The van der Waals surface area contributed by atoms with Crippen LogP contribution in [0.1, 0.15) is 30.7 Å². The molecule has 20 heavy (non-hydrogen) atoms. The molecule has 1 aromatic heterocycles. The summed E-state index contributed by atoms with van der Waals surface area (Å²) >= 11 is 0. The highest BCUT2D eigenvalue weighted by Gasteiger charge is 2.29. The monoisotopic (exact) mass is 274 g/mol. The fourth-order valence-electron chi connectivity index (χ4n) is 3.22. The Bertz CT molecular complexity index is 514. The van der Waals surface area contributed by atoms with Crippen LogP contribution in [-0.2, 0) is 0 Å². The highest BCUT2D eigenvalue weighted by atomic mass is 15.3. The predicted octanol–water partition coefficient (Wildman–Crippen LogP) is 0.744. The van der Waals surface area contributed by atoms with Gasteiger partial charge in [0.25, 0.3) is 0 Å². The van der Waals surface area contributed by atoms with Gasteiger partial charge in [-0.2, -0.15) is 0 Å². The molecule has 0 spiro atoms. The second kappa shape index (κ2) is 5.36. The average molecular weight is 274 g/mol. The SMILES string of the molecule is Cc1cc(C(=N)N)nc(N2CCCN3CCCC3C2)n1. The van der Waals surface area contributed by atoms with Gasteiger partial charge in [0.15, 0.2) is 0 Å². The van der Waals surface area contributed by atoms with Gasteiger partial charge in [0, 0.05) is 31.4 Å². The third-order valence-corrected chi connectivity index (χ3v) is 4.20. The second-order valence-electron chi connectivity index (χ2n) is 5.74. The lowest BCUT2D eigenvalue weighted by Gasteiger charge is -2.26. The first kappa shape index (κ1) is 13.3. The number of amidine groups is 1. The minimum atomic E-state index is 0.00839. The van der Waals surface area contributed by atoms with Gasteiger partial charge in [0.1, 0.15) is 11.5 Å². The number of nitrogens with one attached hydrogen (secondary N) is 1. The molecule has 2 aliphatic rings. The van der Waals surface area contributed by atoms with Crippen LogP contribution in [0.25, 0.3) is 0 Å². The van der Waals surface area contributed by atoms with Gasteiger partial charge in [0.05, 0.1) is 0 Å². The van der Waals surface area contributed by atoms with Crippen molar-refractivity contribution < 1.29 is 0 Å². The molecule has 108 valence electrons. The Morgan fingerprint density at radius 3 is 2.90 bits per heavy atom. The van der Waals surface area contributed by atoms with Crippen molar-refractivity contribution in [3.63, 3.8) is 0 Å². The van der Waals surface area contributed by atoms with E-state index in [2.05, 4.69) is 19.8 Å². The van der Waals surface area contributed by atoms with E-state index in [-0.39, 0.29) is 5.84 Å². The van der Waals surface area contributed by atoms with Gasteiger partial charge in [-0.15, -0.1) is 0 Å². The van der Waals surface area contributed by atoms with Crippen molar-refractivity contribution in [1.82, 2.24) is 14.9 Å². The maximum absolute atomic E-state index is 7.56. The lowest BCUT2D eigenvalue weighted by Crippen LogP contribution is -2.37. The Labute approximate surface area is 119 Å². The number of anilines is 1. The van der Waals surface area contributed by atoms with Crippen molar-refractivity contribution >= 4 is 11.8 Å². The average Bonchev–Trinajstić information content (AvgIpc) is 2.75. The van der Waals surface area contributed by atoms with E-state index in [9.17, 15) is 0 Å². The minimum absolute atomic E-state index is 0.00839. The second-order valence-corrected chi connectivity index (χ2v) is 5.74. The Morgan fingerprint density at radius 1 is 1.30 bits per heavy atom. The number of hydrogen-bond donors (Lipinski definition) is 2. The maximum atomic E-state index is 7.56. The zero-order chi connectivity index (χ0) is 14.1. The lowest BCUT2D eigenvalue weighted by atomic mass is 10.2. The van der Waals surface area contributed by atoms with E-state index in [0.29, 0.717) is 11.7 Å². The topological polar surface area (TPSA) is 82.1 Å². The molecule has 3 rings (SSSR count). The molecule has 2 fully saturated rings. The molecule has 1 atom stereocenters. The van der Waals surface area contributed by atoms with Crippen LogP contribution in [0.2, 0.25) is 0 Å². The molecule has 0 bridgehead atoms. The fourth-order valence-corrected chi connectivity index (χ4v) is 3.22. The molecule has 1 aromatic rings. The van der Waals surface area contributed by atoms with Crippen LogP contribution >= 0.6 is 0 Å². The van der Waals surface area contributed by atoms with Crippen molar-refractivity contribution in [3.8, 4) is 0 Å². The molecule has 3 heterocycles. The predicted molar refractivity (Wildman–Crippen MR) is 79.2 cm³/mol. The fraction of sp³-hybridized carbons (Fsp3) is 0.643. The minimum Gasteiger partial charge on any atom is -0.382 e. The third-order valence-electron chi connectivity index (χ3n) is 4.20. The number of fused-ring (bicyclic) bond motifs is 1. The van der Waals surface area contributed by atoms with E-state index in [0.717, 1.165) is 31.2 Å². The van der Waals surface area contributed by atoms with Crippen LogP contribution in [0.5, 0.6) is 0 Å². The Morgan fingerprint density at radius 2 is 2.10 bits per heavy atom. The van der Waals surface area contributed by atoms with Crippen LogP contribution in [0.15, 0.2) is 6.07 Å². The summed E-state index contributed by atoms with van der Waals surface area (Å²) in [6.07, 6.45) is 3.71. The van der Waals surface area contributed by atoms with Gasteiger partial charge in [-0.25, -0.2) is 9.97 Å². The molecular formula is C14H22N6. The van der Waals surface area contributed by atoms with E-state index in [1.54, 1.807) is 6.07 Å². The summed E-state index contributed by atoms with van der Waals surface area (Å²) in [7, 11) is 0. The van der Waals surface area contributed by atoms with Crippen molar-refractivity contribution in [2.45, 2.75) is 32.2 Å². The molecule has 6 nitrogen and oxygen atoms in total. The van der Waals surface area contributed by atoms with Crippen LogP contribution in [-0.4, -0.2) is 52.9 Å². The largest absolute Gasteiger partial charge is 0.382 e. The number of nitrogen functional groups attached to an aromatic ring is 1. The van der Waals surface area contributed by atoms with Gasteiger partial charge in [-0.05, 0) is 38.8 Å². The quantitative estimate of drug-likeness (QED) is 0.614. The molecule has 2 saturated heterocycles. The molecular weight excluding hydrogens is 252 g/mol. The number of aryl methyl sites for hydroxylation is 1. The molecule has 2 aliphatic heterocycles. The smallest absolute Gasteiger partial charge is 0.226 e. The highest BCUT2D eigenvalue weighted by molar-refractivity contribution is 5.93. The Kier molecular flexibility index (Phi) is 3.56. The van der Waals surface area contributed by atoms with E-state index >= 15 is 0 Å². The van der Waals surface area contributed by atoms with Crippen LogP contribution in [0.3, 0.4) is 0 Å². The van der Waals surface area contributed by atoms with Crippen molar-refractivity contribution in [2.75, 3.05) is 31.1 Å². The molecule has 0 saturated carbocycles. The first-order chi connectivity index (χ1) is 9.63. The summed E-state index contributed by atoms with van der Waals surface area (Å²) in [5, 5.41) is 7.56. The van der Waals surface area contributed by atoms with E-state index in [1.807, 2.05) is 6.92 Å². The highest BCUT2D eigenvalue weighted by Crippen LogP contribution is 2.23. The Hall–Kier alpha value is -1.69. The summed E-state index contributed by atoms with van der Waals surface area (Å²) < 4.78 is 0.